The minimum absolute atomic E-state index is 0.230. The zero-order valence-corrected chi connectivity index (χ0v) is 10.2. The highest BCUT2D eigenvalue weighted by molar-refractivity contribution is 5.47. The zero-order chi connectivity index (χ0) is 14.0. The average molecular weight is 264 g/mol. The van der Waals surface area contributed by atoms with E-state index in [2.05, 4.69) is 5.32 Å². The van der Waals surface area contributed by atoms with Crippen molar-refractivity contribution in [2.75, 3.05) is 11.9 Å². The summed E-state index contributed by atoms with van der Waals surface area (Å²) in [5, 5.41) is 2.79. The third kappa shape index (κ3) is 4.52. The first-order chi connectivity index (χ1) is 8.09. The lowest BCUT2D eigenvalue weighted by atomic mass is 10.0. The van der Waals surface area contributed by atoms with Crippen molar-refractivity contribution < 1.29 is 17.6 Å². The number of nitrogens with one attached hydrogen (secondary N) is 1. The van der Waals surface area contributed by atoms with Crippen LogP contribution in [0.15, 0.2) is 18.2 Å². The Balaban J connectivity index is 2.74. The van der Waals surface area contributed by atoms with Gasteiger partial charge in [0, 0.05) is 17.8 Å². The topological polar surface area (TPSA) is 38.0 Å². The predicted molar refractivity (Wildman–Crippen MR) is 62.8 cm³/mol. The molecular weight excluding hydrogens is 248 g/mol. The van der Waals surface area contributed by atoms with E-state index < -0.39 is 23.1 Å². The van der Waals surface area contributed by atoms with Crippen LogP contribution < -0.4 is 11.1 Å². The Bertz CT molecular complexity index is 408. The predicted octanol–water partition coefficient (Wildman–Crippen LogP) is 3.38. The minimum atomic E-state index is -4.69. The Morgan fingerprint density at radius 3 is 2.33 bits per heavy atom. The third-order valence-electron chi connectivity index (χ3n) is 2.37. The quantitative estimate of drug-likeness (QED) is 0.818. The molecule has 1 rings (SSSR count). The van der Waals surface area contributed by atoms with Gasteiger partial charge in [-0.3, -0.25) is 0 Å². The number of hydrogen-bond acceptors (Lipinski definition) is 2. The first-order valence-electron chi connectivity index (χ1n) is 5.49. The minimum Gasteiger partial charge on any atom is -0.385 e. The van der Waals surface area contributed by atoms with Crippen LogP contribution in [0.1, 0.15) is 25.8 Å². The van der Waals surface area contributed by atoms with Gasteiger partial charge in [-0.1, -0.05) is 0 Å². The SMILES string of the molecule is CC(C)(N)CCNc1ccc(F)c(C(F)(F)F)c1. The summed E-state index contributed by atoms with van der Waals surface area (Å²) in [6.45, 7) is 4.06. The van der Waals surface area contributed by atoms with E-state index in [-0.39, 0.29) is 5.69 Å². The Morgan fingerprint density at radius 2 is 1.83 bits per heavy atom. The summed E-state index contributed by atoms with van der Waals surface area (Å²) in [4.78, 5) is 0. The van der Waals surface area contributed by atoms with Crippen LogP contribution in [0.5, 0.6) is 0 Å². The van der Waals surface area contributed by atoms with Gasteiger partial charge in [-0.15, -0.1) is 0 Å². The molecule has 0 heterocycles. The molecule has 102 valence electrons. The molecule has 0 aliphatic carbocycles. The van der Waals surface area contributed by atoms with Crippen molar-refractivity contribution in [2.45, 2.75) is 32.0 Å². The summed E-state index contributed by atoms with van der Waals surface area (Å²) in [6, 6.07) is 2.84. The van der Waals surface area contributed by atoms with Gasteiger partial charge >= 0.3 is 6.18 Å². The molecule has 0 aliphatic rings. The molecule has 0 fully saturated rings. The highest BCUT2D eigenvalue weighted by Gasteiger charge is 2.34. The summed E-state index contributed by atoms with van der Waals surface area (Å²) >= 11 is 0. The summed E-state index contributed by atoms with van der Waals surface area (Å²) < 4.78 is 50.4. The number of rotatable bonds is 4. The number of hydrogen-bond donors (Lipinski definition) is 2. The fourth-order valence-corrected chi connectivity index (χ4v) is 1.38. The molecule has 0 unspecified atom stereocenters. The molecule has 2 nitrogen and oxygen atoms in total. The molecule has 0 saturated carbocycles. The normalized spacial score (nSPS) is 12.6. The first kappa shape index (κ1) is 14.8. The van der Waals surface area contributed by atoms with Crippen molar-refractivity contribution in [3.05, 3.63) is 29.6 Å². The van der Waals surface area contributed by atoms with E-state index in [0.29, 0.717) is 13.0 Å². The maximum atomic E-state index is 13.0. The lowest BCUT2D eigenvalue weighted by molar-refractivity contribution is -0.139. The molecule has 0 atom stereocenters. The van der Waals surface area contributed by atoms with Gasteiger partial charge in [0.15, 0.2) is 0 Å². The average Bonchev–Trinajstić information content (AvgIpc) is 2.17. The Hall–Kier alpha value is -1.30. The molecule has 0 spiro atoms. The lowest BCUT2D eigenvalue weighted by Gasteiger charge is -2.19. The van der Waals surface area contributed by atoms with Crippen LogP contribution in [0.3, 0.4) is 0 Å². The zero-order valence-electron chi connectivity index (χ0n) is 10.2. The van der Waals surface area contributed by atoms with Crippen molar-refractivity contribution in [3.63, 3.8) is 0 Å². The highest BCUT2D eigenvalue weighted by Crippen LogP contribution is 2.32. The van der Waals surface area contributed by atoms with Crippen LogP contribution in [-0.4, -0.2) is 12.1 Å². The molecule has 0 saturated heterocycles. The van der Waals surface area contributed by atoms with E-state index in [1.165, 1.54) is 6.07 Å². The summed E-state index contributed by atoms with van der Waals surface area (Å²) in [7, 11) is 0. The fourth-order valence-electron chi connectivity index (χ4n) is 1.38. The number of alkyl halides is 3. The standard InChI is InChI=1S/C12H16F4N2/c1-11(2,17)5-6-18-8-3-4-10(13)9(7-8)12(14,15)16/h3-4,7,18H,5-6,17H2,1-2H3. The smallest absolute Gasteiger partial charge is 0.385 e. The maximum Gasteiger partial charge on any atom is 0.419 e. The second kappa shape index (κ2) is 5.14. The molecule has 0 aromatic heterocycles. The van der Waals surface area contributed by atoms with Gasteiger partial charge in [-0.25, -0.2) is 4.39 Å². The number of benzene rings is 1. The van der Waals surface area contributed by atoms with Crippen LogP contribution in [0.4, 0.5) is 23.2 Å². The van der Waals surface area contributed by atoms with Gasteiger partial charge in [0.05, 0.1) is 5.56 Å². The van der Waals surface area contributed by atoms with Gasteiger partial charge in [0.25, 0.3) is 0 Å². The van der Waals surface area contributed by atoms with E-state index in [0.717, 1.165) is 12.1 Å². The van der Waals surface area contributed by atoms with E-state index in [9.17, 15) is 17.6 Å². The van der Waals surface area contributed by atoms with Gasteiger partial charge in [0.1, 0.15) is 5.82 Å². The summed E-state index contributed by atoms with van der Waals surface area (Å²) in [6.07, 6.45) is -4.10. The Labute approximate surface area is 103 Å². The monoisotopic (exact) mass is 264 g/mol. The van der Waals surface area contributed by atoms with Gasteiger partial charge in [0.2, 0.25) is 0 Å². The molecule has 0 aliphatic heterocycles. The molecule has 18 heavy (non-hydrogen) atoms. The summed E-state index contributed by atoms with van der Waals surface area (Å²) in [5.41, 5.74) is 4.31. The molecule has 0 amide bonds. The van der Waals surface area contributed by atoms with Crippen molar-refractivity contribution >= 4 is 5.69 Å². The lowest BCUT2D eigenvalue weighted by Crippen LogP contribution is -2.34. The molecule has 1 aromatic carbocycles. The third-order valence-corrected chi connectivity index (χ3v) is 2.37. The van der Waals surface area contributed by atoms with E-state index in [1.54, 1.807) is 0 Å². The molecule has 1 aromatic rings. The maximum absolute atomic E-state index is 13.0. The largest absolute Gasteiger partial charge is 0.419 e. The van der Waals surface area contributed by atoms with Gasteiger partial charge in [-0.05, 0) is 38.5 Å². The summed E-state index contributed by atoms with van der Waals surface area (Å²) in [5.74, 6) is -1.27. The van der Waals surface area contributed by atoms with Crippen molar-refractivity contribution in [1.82, 2.24) is 0 Å². The van der Waals surface area contributed by atoms with E-state index in [4.69, 9.17) is 5.73 Å². The van der Waals surface area contributed by atoms with Crippen molar-refractivity contribution in [2.24, 2.45) is 5.73 Å². The van der Waals surface area contributed by atoms with Crippen LogP contribution in [0, 0.1) is 5.82 Å². The van der Waals surface area contributed by atoms with E-state index in [1.807, 2.05) is 13.8 Å². The highest BCUT2D eigenvalue weighted by atomic mass is 19.4. The number of halogens is 4. The Morgan fingerprint density at radius 1 is 1.22 bits per heavy atom. The van der Waals surface area contributed by atoms with Crippen LogP contribution in [0.25, 0.3) is 0 Å². The molecular formula is C12H16F4N2. The number of anilines is 1. The second-order valence-corrected chi connectivity index (χ2v) is 4.86. The fraction of sp³-hybridized carbons (Fsp3) is 0.500. The van der Waals surface area contributed by atoms with Crippen molar-refractivity contribution in [1.29, 1.82) is 0 Å². The molecule has 0 bridgehead atoms. The molecule has 0 radical (unpaired) electrons. The molecule has 3 N–H and O–H groups in total. The number of nitrogens with two attached hydrogens (primary N) is 1. The van der Waals surface area contributed by atoms with E-state index >= 15 is 0 Å². The second-order valence-electron chi connectivity index (χ2n) is 4.86. The van der Waals surface area contributed by atoms with Crippen LogP contribution in [-0.2, 0) is 6.18 Å². The van der Waals surface area contributed by atoms with Gasteiger partial charge in [-0.2, -0.15) is 13.2 Å². The first-order valence-corrected chi connectivity index (χ1v) is 5.49. The van der Waals surface area contributed by atoms with Crippen LogP contribution >= 0.6 is 0 Å². The van der Waals surface area contributed by atoms with Crippen LogP contribution in [0.2, 0.25) is 0 Å². The Kier molecular flexibility index (Phi) is 4.21. The molecule has 6 heteroatoms. The van der Waals surface area contributed by atoms with Gasteiger partial charge < -0.3 is 11.1 Å². The van der Waals surface area contributed by atoms with Crippen molar-refractivity contribution in [3.8, 4) is 0 Å².